The molecule has 0 bridgehead atoms. The second kappa shape index (κ2) is 4.27. The molecule has 0 aliphatic carbocycles. The smallest absolute Gasteiger partial charge is 0.0895 e. The van der Waals surface area contributed by atoms with Crippen LogP contribution in [0.4, 0.5) is 0 Å². The summed E-state index contributed by atoms with van der Waals surface area (Å²) in [5.74, 6) is 5.65. The Morgan fingerprint density at radius 2 is 2.00 bits per heavy atom. The van der Waals surface area contributed by atoms with Crippen LogP contribution in [0.1, 0.15) is 15.8 Å². The van der Waals surface area contributed by atoms with Crippen LogP contribution in [-0.4, -0.2) is 0 Å². The van der Waals surface area contributed by atoms with Crippen molar-refractivity contribution < 1.29 is 0 Å². The lowest BCUT2D eigenvalue weighted by Gasteiger charge is -2.11. The molecule has 0 amide bonds. The molecule has 0 aliphatic rings. The van der Waals surface area contributed by atoms with Crippen LogP contribution in [0.2, 0.25) is 0 Å². The van der Waals surface area contributed by atoms with Gasteiger partial charge in [-0.25, -0.2) is 5.43 Å². The minimum atomic E-state index is 0.129. The third-order valence-corrected chi connectivity index (χ3v) is 5.53. The molecule has 1 unspecified atom stereocenters. The van der Waals surface area contributed by atoms with Gasteiger partial charge in [0.1, 0.15) is 0 Å². The van der Waals surface area contributed by atoms with Gasteiger partial charge in [0.2, 0.25) is 0 Å². The number of thiophene rings is 3. The molecule has 3 aromatic rings. The third-order valence-electron chi connectivity index (χ3n) is 2.44. The predicted octanol–water partition coefficient (Wildman–Crippen LogP) is 3.58. The zero-order valence-corrected chi connectivity index (χ0v) is 10.8. The molecule has 16 heavy (non-hydrogen) atoms. The second-order valence-corrected chi connectivity index (χ2v) is 6.46. The van der Waals surface area contributed by atoms with Crippen LogP contribution in [0.25, 0.3) is 9.40 Å². The zero-order valence-electron chi connectivity index (χ0n) is 8.34. The van der Waals surface area contributed by atoms with Crippen LogP contribution < -0.4 is 11.3 Å². The first-order chi connectivity index (χ1) is 7.88. The van der Waals surface area contributed by atoms with Crippen LogP contribution in [0.5, 0.6) is 0 Å². The van der Waals surface area contributed by atoms with E-state index >= 15 is 0 Å². The lowest BCUT2D eigenvalue weighted by molar-refractivity contribution is 0.657. The lowest BCUT2D eigenvalue weighted by atomic mass is 10.2. The molecule has 3 rings (SSSR count). The quantitative estimate of drug-likeness (QED) is 0.562. The number of nitrogens with two attached hydrogens (primary N) is 1. The van der Waals surface area contributed by atoms with Gasteiger partial charge in [-0.05, 0) is 29.0 Å². The first-order valence-electron chi connectivity index (χ1n) is 4.85. The molecule has 82 valence electrons. The van der Waals surface area contributed by atoms with Crippen LogP contribution in [0.15, 0.2) is 35.0 Å². The SMILES string of the molecule is NNC(c1cccs1)c1cc2sccc2s1. The summed E-state index contributed by atoms with van der Waals surface area (Å²) in [5.41, 5.74) is 2.90. The van der Waals surface area contributed by atoms with Gasteiger partial charge in [0.15, 0.2) is 0 Å². The largest absolute Gasteiger partial charge is 0.271 e. The summed E-state index contributed by atoms with van der Waals surface area (Å²) in [5, 5.41) is 4.20. The first-order valence-corrected chi connectivity index (χ1v) is 7.42. The summed E-state index contributed by atoms with van der Waals surface area (Å²) in [6.07, 6.45) is 0. The van der Waals surface area contributed by atoms with Gasteiger partial charge >= 0.3 is 0 Å². The molecule has 0 saturated carbocycles. The highest BCUT2D eigenvalue weighted by Gasteiger charge is 2.16. The molecule has 0 aliphatic heterocycles. The van der Waals surface area contributed by atoms with Crippen molar-refractivity contribution in [3.63, 3.8) is 0 Å². The van der Waals surface area contributed by atoms with Gasteiger partial charge in [-0.3, -0.25) is 5.84 Å². The van der Waals surface area contributed by atoms with E-state index in [1.54, 1.807) is 22.7 Å². The number of fused-ring (bicyclic) bond motifs is 1. The maximum atomic E-state index is 5.65. The minimum Gasteiger partial charge on any atom is -0.271 e. The van der Waals surface area contributed by atoms with Crippen molar-refractivity contribution in [2.75, 3.05) is 0 Å². The standard InChI is InChI=1S/C11H10N2S3/c12-13-11(8-2-1-4-14-8)10-6-9-7(16-10)3-5-15-9/h1-6,11,13H,12H2. The van der Waals surface area contributed by atoms with Gasteiger partial charge in [-0.2, -0.15) is 0 Å². The normalized spacial score (nSPS) is 13.3. The van der Waals surface area contributed by atoms with Crippen molar-refractivity contribution in [2.45, 2.75) is 6.04 Å². The van der Waals surface area contributed by atoms with E-state index in [1.807, 2.05) is 11.3 Å². The number of rotatable bonds is 3. The van der Waals surface area contributed by atoms with Crippen LogP contribution in [0, 0.1) is 0 Å². The van der Waals surface area contributed by atoms with Crippen molar-refractivity contribution in [2.24, 2.45) is 5.84 Å². The zero-order chi connectivity index (χ0) is 11.0. The second-order valence-electron chi connectivity index (χ2n) is 3.41. The summed E-state index contributed by atoms with van der Waals surface area (Å²) in [6.45, 7) is 0. The predicted molar refractivity (Wildman–Crippen MR) is 73.2 cm³/mol. The molecule has 0 saturated heterocycles. The highest BCUT2D eigenvalue weighted by molar-refractivity contribution is 7.27. The van der Waals surface area contributed by atoms with Crippen molar-refractivity contribution in [3.05, 3.63) is 44.8 Å². The molecule has 5 heteroatoms. The van der Waals surface area contributed by atoms with E-state index in [0.29, 0.717) is 0 Å². The Labute approximate surface area is 105 Å². The summed E-state index contributed by atoms with van der Waals surface area (Å²) >= 11 is 5.32. The van der Waals surface area contributed by atoms with E-state index in [0.717, 1.165) is 0 Å². The third kappa shape index (κ3) is 1.70. The molecule has 3 N–H and O–H groups in total. The topological polar surface area (TPSA) is 38.0 Å². The number of hydrogen-bond acceptors (Lipinski definition) is 5. The summed E-state index contributed by atoms with van der Waals surface area (Å²) in [4.78, 5) is 2.54. The first kappa shape index (κ1) is 10.4. The van der Waals surface area contributed by atoms with Crippen LogP contribution in [-0.2, 0) is 0 Å². The minimum absolute atomic E-state index is 0.129. The van der Waals surface area contributed by atoms with Gasteiger partial charge in [0.25, 0.3) is 0 Å². The maximum absolute atomic E-state index is 5.65. The summed E-state index contributed by atoms with van der Waals surface area (Å²) in [6, 6.07) is 8.69. The van der Waals surface area contributed by atoms with E-state index in [-0.39, 0.29) is 6.04 Å². The molecular formula is C11H10N2S3. The Kier molecular flexibility index (Phi) is 2.79. The molecular weight excluding hydrogens is 256 g/mol. The molecule has 3 aromatic heterocycles. The Bertz CT molecular complexity index is 551. The monoisotopic (exact) mass is 266 g/mol. The Hall–Kier alpha value is -0.720. The van der Waals surface area contributed by atoms with Crippen LogP contribution >= 0.6 is 34.0 Å². The van der Waals surface area contributed by atoms with Crippen LogP contribution in [0.3, 0.4) is 0 Å². The highest BCUT2D eigenvalue weighted by Crippen LogP contribution is 2.36. The lowest BCUT2D eigenvalue weighted by Crippen LogP contribution is -2.27. The number of nitrogens with one attached hydrogen (secondary N) is 1. The van der Waals surface area contributed by atoms with Crippen molar-refractivity contribution >= 4 is 43.4 Å². The molecule has 2 nitrogen and oxygen atoms in total. The van der Waals surface area contributed by atoms with Gasteiger partial charge in [-0.15, -0.1) is 34.0 Å². The molecule has 0 aromatic carbocycles. The van der Waals surface area contributed by atoms with Crippen molar-refractivity contribution in [1.82, 2.24) is 5.43 Å². The fourth-order valence-corrected chi connectivity index (χ4v) is 4.76. The summed E-state index contributed by atoms with van der Waals surface area (Å²) in [7, 11) is 0. The molecule has 0 spiro atoms. The number of hydrogen-bond donors (Lipinski definition) is 2. The van der Waals surface area contributed by atoms with E-state index in [4.69, 9.17) is 5.84 Å². The average molecular weight is 266 g/mol. The van der Waals surface area contributed by atoms with E-state index < -0.39 is 0 Å². The molecule has 0 radical (unpaired) electrons. The van der Waals surface area contributed by atoms with Crippen molar-refractivity contribution in [3.8, 4) is 0 Å². The highest BCUT2D eigenvalue weighted by atomic mass is 32.1. The maximum Gasteiger partial charge on any atom is 0.0895 e. The molecule has 3 heterocycles. The van der Waals surface area contributed by atoms with Gasteiger partial charge in [0.05, 0.1) is 6.04 Å². The molecule has 1 atom stereocenters. The Morgan fingerprint density at radius 1 is 1.06 bits per heavy atom. The molecule has 0 fully saturated rings. The average Bonchev–Trinajstić information content (AvgIpc) is 2.91. The van der Waals surface area contributed by atoms with Gasteiger partial charge < -0.3 is 0 Å². The van der Waals surface area contributed by atoms with Gasteiger partial charge in [-0.1, -0.05) is 6.07 Å². The fourth-order valence-electron chi connectivity index (χ4n) is 1.69. The Balaban J connectivity index is 2.04. The Morgan fingerprint density at radius 3 is 2.69 bits per heavy atom. The van der Waals surface area contributed by atoms with E-state index in [1.165, 1.54) is 19.2 Å². The van der Waals surface area contributed by atoms with E-state index in [2.05, 4.69) is 40.5 Å². The number of hydrazine groups is 1. The van der Waals surface area contributed by atoms with E-state index in [9.17, 15) is 0 Å². The fraction of sp³-hybridized carbons (Fsp3) is 0.0909. The van der Waals surface area contributed by atoms with Gasteiger partial charge in [0, 0.05) is 19.2 Å². The summed E-state index contributed by atoms with van der Waals surface area (Å²) < 4.78 is 2.69. The van der Waals surface area contributed by atoms with Crippen molar-refractivity contribution in [1.29, 1.82) is 0 Å².